The first-order valence-corrected chi connectivity index (χ1v) is 9.63. The van der Waals surface area contributed by atoms with Gasteiger partial charge in [0.25, 0.3) is 0 Å². The third-order valence-electron chi connectivity index (χ3n) is 5.36. The van der Waals surface area contributed by atoms with E-state index in [0.717, 1.165) is 62.9 Å². The molecule has 28 heavy (non-hydrogen) atoms. The van der Waals surface area contributed by atoms with Gasteiger partial charge < -0.3 is 19.7 Å². The first-order valence-electron chi connectivity index (χ1n) is 9.63. The maximum Gasteiger partial charge on any atom is 0.233 e. The van der Waals surface area contributed by atoms with Gasteiger partial charge in [0.1, 0.15) is 11.6 Å². The molecule has 2 aliphatic rings. The van der Waals surface area contributed by atoms with Gasteiger partial charge in [-0.05, 0) is 31.4 Å². The smallest absolute Gasteiger partial charge is 0.233 e. The van der Waals surface area contributed by atoms with Gasteiger partial charge in [-0.1, -0.05) is 0 Å². The van der Waals surface area contributed by atoms with Gasteiger partial charge in [0.2, 0.25) is 11.8 Å². The third kappa shape index (κ3) is 3.85. The van der Waals surface area contributed by atoms with Crippen LogP contribution in [0.3, 0.4) is 0 Å². The molecular weight excluding hydrogens is 356 g/mol. The van der Waals surface area contributed by atoms with Crippen LogP contribution in [0.2, 0.25) is 0 Å². The van der Waals surface area contributed by atoms with Crippen LogP contribution in [0.4, 0.5) is 11.6 Å². The summed E-state index contributed by atoms with van der Waals surface area (Å²) in [6.07, 6.45) is 6.48. The number of anilines is 2. The molecule has 0 spiro atoms. The fourth-order valence-electron chi connectivity index (χ4n) is 3.84. The summed E-state index contributed by atoms with van der Waals surface area (Å²) >= 11 is 0. The van der Waals surface area contributed by atoms with Gasteiger partial charge in [-0.25, -0.2) is 15.0 Å². The second-order valence-corrected chi connectivity index (χ2v) is 7.10. The molecule has 2 saturated heterocycles. The Kier molecular flexibility index (Phi) is 5.53. The molecule has 0 saturated carbocycles. The van der Waals surface area contributed by atoms with Gasteiger partial charge in [-0.15, -0.1) is 0 Å². The van der Waals surface area contributed by atoms with E-state index in [0.29, 0.717) is 17.4 Å². The molecule has 146 valence electrons. The van der Waals surface area contributed by atoms with Crippen LogP contribution in [-0.2, 0) is 4.74 Å². The minimum absolute atomic E-state index is 0.203. The van der Waals surface area contributed by atoms with Gasteiger partial charge >= 0.3 is 0 Å². The van der Waals surface area contributed by atoms with E-state index >= 15 is 0 Å². The maximum atomic E-state index is 9.44. The van der Waals surface area contributed by atoms with Crippen molar-refractivity contribution in [2.45, 2.75) is 31.2 Å². The normalized spacial score (nSPS) is 20.0. The Hall–Kier alpha value is -2.92. The fraction of sp³-hybridized carbons (Fsp3) is 0.500. The molecule has 0 amide bonds. The zero-order valence-electron chi connectivity index (χ0n) is 16.0. The highest BCUT2D eigenvalue weighted by molar-refractivity contribution is 5.62. The Morgan fingerprint density at radius 1 is 1.21 bits per heavy atom. The molecule has 0 radical (unpaired) electrons. The van der Waals surface area contributed by atoms with Crippen LogP contribution in [0.25, 0.3) is 0 Å². The molecule has 1 N–H and O–H groups in total. The van der Waals surface area contributed by atoms with Crippen molar-refractivity contribution >= 4 is 11.6 Å². The van der Waals surface area contributed by atoms with E-state index < -0.39 is 0 Å². The highest BCUT2D eigenvalue weighted by Crippen LogP contribution is 2.28. The maximum absolute atomic E-state index is 9.44. The van der Waals surface area contributed by atoms with Crippen molar-refractivity contribution < 1.29 is 9.47 Å². The lowest BCUT2D eigenvalue weighted by Gasteiger charge is -2.23. The molecule has 2 aromatic rings. The monoisotopic (exact) mass is 380 g/mol. The Labute approximate surface area is 164 Å². The molecular formula is C20H24N6O2. The number of pyridine rings is 1. The number of aromatic nitrogens is 3. The van der Waals surface area contributed by atoms with E-state index in [4.69, 9.17) is 14.5 Å². The largest absolute Gasteiger partial charge is 0.480 e. The zero-order chi connectivity index (χ0) is 19.3. The summed E-state index contributed by atoms with van der Waals surface area (Å²) in [6.45, 7) is 3.26. The minimum atomic E-state index is 0.203. The zero-order valence-corrected chi connectivity index (χ0v) is 16.0. The summed E-state index contributed by atoms with van der Waals surface area (Å²) in [5, 5.41) is 12.9. The van der Waals surface area contributed by atoms with Crippen molar-refractivity contribution in [2.24, 2.45) is 0 Å². The molecule has 0 aromatic carbocycles. The van der Waals surface area contributed by atoms with Crippen molar-refractivity contribution in [1.29, 1.82) is 5.26 Å². The van der Waals surface area contributed by atoms with E-state index in [9.17, 15) is 5.26 Å². The fourth-order valence-corrected chi connectivity index (χ4v) is 3.84. The Bertz CT molecular complexity index is 862. The molecule has 4 heterocycles. The lowest BCUT2D eigenvalue weighted by molar-refractivity contribution is 0.0845. The first kappa shape index (κ1) is 18.4. The van der Waals surface area contributed by atoms with Crippen LogP contribution >= 0.6 is 0 Å². The standard InChI is InChI=1S/C20H24N6O2/c1-27-19-16(12-21)18(3-7-22-19)24-15-4-9-26(13-15)20-23-8-2-17(25-20)14-5-10-28-11-6-14/h2-3,7-8,14-15H,4-6,9-11,13H2,1H3,(H,22,24). The summed E-state index contributed by atoms with van der Waals surface area (Å²) in [7, 11) is 1.52. The molecule has 8 heteroatoms. The van der Waals surface area contributed by atoms with Crippen LogP contribution in [0.15, 0.2) is 24.5 Å². The van der Waals surface area contributed by atoms with Gasteiger partial charge in [-0.3, -0.25) is 0 Å². The number of hydrogen-bond acceptors (Lipinski definition) is 8. The van der Waals surface area contributed by atoms with Crippen LogP contribution in [-0.4, -0.2) is 54.4 Å². The number of hydrogen-bond donors (Lipinski definition) is 1. The average molecular weight is 380 g/mol. The molecule has 2 fully saturated rings. The van der Waals surface area contributed by atoms with Gasteiger partial charge in [0.05, 0.1) is 12.8 Å². The SMILES string of the molecule is COc1nccc(NC2CCN(c3nccc(C4CCOCC4)n3)C2)c1C#N. The number of rotatable bonds is 5. The topological polar surface area (TPSA) is 96.2 Å². The van der Waals surface area contributed by atoms with Gasteiger partial charge in [0, 0.05) is 56.4 Å². The number of ether oxygens (including phenoxy) is 2. The summed E-state index contributed by atoms with van der Waals surface area (Å²) in [5.74, 6) is 1.57. The number of nitrogens with one attached hydrogen (secondary N) is 1. The summed E-state index contributed by atoms with van der Waals surface area (Å²) in [5.41, 5.74) is 2.29. The van der Waals surface area contributed by atoms with E-state index in [1.807, 2.05) is 18.3 Å². The van der Waals surface area contributed by atoms with Crippen LogP contribution in [0, 0.1) is 11.3 Å². The van der Waals surface area contributed by atoms with E-state index in [2.05, 4.69) is 26.3 Å². The predicted molar refractivity (Wildman–Crippen MR) is 105 cm³/mol. The van der Waals surface area contributed by atoms with Crippen LogP contribution in [0.5, 0.6) is 5.88 Å². The highest BCUT2D eigenvalue weighted by Gasteiger charge is 2.26. The lowest BCUT2D eigenvalue weighted by atomic mass is 9.96. The first-order chi connectivity index (χ1) is 13.8. The predicted octanol–water partition coefficient (Wildman–Crippen LogP) is 2.34. The molecule has 0 aliphatic carbocycles. The van der Waals surface area contributed by atoms with Crippen molar-refractivity contribution in [3.63, 3.8) is 0 Å². The highest BCUT2D eigenvalue weighted by atomic mass is 16.5. The van der Waals surface area contributed by atoms with Crippen LogP contribution in [0.1, 0.15) is 36.4 Å². The molecule has 4 rings (SSSR count). The number of nitrogens with zero attached hydrogens (tertiary/aromatic N) is 5. The van der Waals surface area contributed by atoms with Gasteiger partial charge in [-0.2, -0.15) is 5.26 Å². The second kappa shape index (κ2) is 8.40. The van der Waals surface area contributed by atoms with Gasteiger partial charge in [0.15, 0.2) is 0 Å². The molecule has 2 aliphatic heterocycles. The average Bonchev–Trinajstić information content (AvgIpc) is 3.23. The third-order valence-corrected chi connectivity index (χ3v) is 5.36. The molecule has 0 bridgehead atoms. The summed E-state index contributed by atoms with van der Waals surface area (Å²) in [4.78, 5) is 15.6. The lowest BCUT2D eigenvalue weighted by Crippen LogP contribution is -2.28. The van der Waals surface area contributed by atoms with E-state index in [-0.39, 0.29) is 6.04 Å². The minimum Gasteiger partial charge on any atom is -0.480 e. The van der Waals surface area contributed by atoms with Crippen molar-refractivity contribution in [3.05, 3.63) is 35.8 Å². The molecule has 2 aromatic heterocycles. The Morgan fingerprint density at radius 2 is 2.04 bits per heavy atom. The number of nitriles is 1. The number of methoxy groups -OCH3 is 1. The van der Waals surface area contributed by atoms with Crippen molar-refractivity contribution in [3.8, 4) is 11.9 Å². The Morgan fingerprint density at radius 3 is 2.82 bits per heavy atom. The second-order valence-electron chi connectivity index (χ2n) is 7.10. The molecule has 1 unspecified atom stereocenters. The van der Waals surface area contributed by atoms with E-state index in [1.54, 1.807) is 6.20 Å². The van der Waals surface area contributed by atoms with Crippen molar-refractivity contribution in [2.75, 3.05) is 43.6 Å². The van der Waals surface area contributed by atoms with Crippen LogP contribution < -0.4 is 15.0 Å². The molecule has 1 atom stereocenters. The summed E-state index contributed by atoms with van der Waals surface area (Å²) in [6, 6.07) is 6.21. The quantitative estimate of drug-likeness (QED) is 0.844. The molecule has 8 nitrogen and oxygen atoms in total. The Balaban J connectivity index is 1.44. The van der Waals surface area contributed by atoms with E-state index in [1.165, 1.54) is 7.11 Å². The van der Waals surface area contributed by atoms with Crippen molar-refractivity contribution in [1.82, 2.24) is 15.0 Å². The summed E-state index contributed by atoms with van der Waals surface area (Å²) < 4.78 is 10.6.